The minimum Gasteiger partial charge on any atom is -0.487 e. The molecule has 1 aromatic rings. The summed E-state index contributed by atoms with van der Waals surface area (Å²) in [5, 5.41) is 0. The SMILES string of the molecule is CC(N)CN1CC(C)Oc2ccccc21.Cl. The maximum Gasteiger partial charge on any atom is 0.143 e. The molecule has 1 aromatic carbocycles. The number of nitrogens with zero attached hydrogens (tertiary/aromatic N) is 1. The highest BCUT2D eigenvalue weighted by Crippen LogP contribution is 2.32. The molecule has 3 nitrogen and oxygen atoms in total. The number of nitrogens with two attached hydrogens (primary N) is 1. The molecule has 2 unspecified atom stereocenters. The summed E-state index contributed by atoms with van der Waals surface area (Å²) in [5.74, 6) is 0.969. The Bertz CT molecular complexity index is 344. The Morgan fingerprint density at radius 3 is 2.88 bits per heavy atom. The lowest BCUT2D eigenvalue weighted by Gasteiger charge is -2.35. The normalized spacial score (nSPS) is 20.4. The summed E-state index contributed by atoms with van der Waals surface area (Å²) in [5.41, 5.74) is 7.00. The molecule has 0 aliphatic carbocycles. The molecule has 1 heterocycles. The molecule has 90 valence electrons. The van der Waals surface area contributed by atoms with E-state index in [9.17, 15) is 0 Å². The third-order valence-electron chi connectivity index (χ3n) is 2.52. The molecule has 0 radical (unpaired) electrons. The molecule has 4 heteroatoms. The summed E-state index contributed by atoms with van der Waals surface area (Å²) >= 11 is 0. The van der Waals surface area contributed by atoms with Gasteiger partial charge in [0.1, 0.15) is 11.9 Å². The van der Waals surface area contributed by atoms with E-state index in [4.69, 9.17) is 10.5 Å². The molecule has 2 N–H and O–H groups in total. The van der Waals surface area contributed by atoms with Crippen LogP contribution in [0.1, 0.15) is 13.8 Å². The lowest BCUT2D eigenvalue weighted by molar-refractivity contribution is 0.212. The van der Waals surface area contributed by atoms with Crippen molar-refractivity contribution in [2.75, 3.05) is 18.0 Å². The van der Waals surface area contributed by atoms with Crippen molar-refractivity contribution in [3.8, 4) is 5.75 Å². The second kappa shape index (κ2) is 5.41. The summed E-state index contributed by atoms with van der Waals surface area (Å²) in [4.78, 5) is 2.30. The number of hydrogen-bond donors (Lipinski definition) is 1. The molecule has 1 aliphatic rings. The van der Waals surface area contributed by atoms with E-state index in [1.54, 1.807) is 0 Å². The lowest BCUT2D eigenvalue weighted by Crippen LogP contribution is -2.43. The van der Waals surface area contributed by atoms with E-state index in [0.717, 1.165) is 24.5 Å². The number of halogens is 1. The van der Waals surface area contributed by atoms with E-state index < -0.39 is 0 Å². The smallest absolute Gasteiger partial charge is 0.143 e. The minimum atomic E-state index is 0. The fourth-order valence-corrected chi connectivity index (χ4v) is 2.00. The Balaban J connectivity index is 0.00000128. The van der Waals surface area contributed by atoms with Crippen molar-refractivity contribution in [3.63, 3.8) is 0 Å². The number of anilines is 1. The van der Waals surface area contributed by atoms with Crippen LogP contribution >= 0.6 is 12.4 Å². The first-order valence-corrected chi connectivity index (χ1v) is 5.43. The van der Waals surface area contributed by atoms with Gasteiger partial charge < -0.3 is 15.4 Å². The van der Waals surface area contributed by atoms with Gasteiger partial charge in [0.25, 0.3) is 0 Å². The van der Waals surface area contributed by atoms with Gasteiger partial charge in [-0.2, -0.15) is 0 Å². The number of fused-ring (bicyclic) bond motifs is 1. The molecule has 0 fully saturated rings. The molecule has 16 heavy (non-hydrogen) atoms. The van der Waals surface area contributed by atoms with E-state index in [1.165, 1.54) is 0 Å². The van der Waals surface area contributed by atoms with Crippen LogP contribution in [-0.2, 0) is 0 Å². The second-order valence-corrected chi connectivity index (χ2v) is 4.28. The fraction of sp³-hybridized carbons (Fsp3) is 0.500. The highest BCUT2D eigenvalue weighted by atomic mass is 35.5. The number of benzene rings is 1. The minimum absolute atomic E-state index is 0. The molecule has 0 aromatic heterocycles. The Morgan fingerprint density at radius 2 is 2.19 bits per heavy atom. The van der Waals surface area contributed by atoms with Crippen LogP contribution in [0.5, 0.6) is 5.75 Å². The number of hydrogen-bond acceptors (Lipinski definition) is 3. The van der Waals surface area contributed by atoms with Crippen molar-refractivity contribution in [1.82, 2.24) is 0 Å². The molecule has 0 spiro atoms. The van der Waals surface area contributed by atoms with Gasteiger partial charge in [-0.1, -0.05) is 12.1 Å². The predicted octanol–water partition coefficient (Wildman–Crippen LogP) is 2.04. The quantitative estimate of drug-likeness (QED) is 0.863. The van der Waals surface area contributed by atoms with E-state index in [2.05, 4.69) is 17.9 Å². The Morgan fingerprint density at radius 1 is 1.50 bits per heavy atom. The summed E-state index contributed by atoms with van der Waals surface area (Å²) in [7, 11) is 0. The summed E-state index contributed by atoms with van der Waals surface area (Å²) < 4.78 is 5.76. The zero-order valence-corrected chi connectivity index (χ0v) is 10.5. The molecule has 2 atom stereocenters. The maximum atomic E-state index is 5.84. The maximum absolute atomic E-state index is 5.84. The first kappa shape index (κ1) is 13.1. The van der Waals surface area contributed by atoms with Crippen LogP contribution in [0.2, 0.25) is 0 Å². The van der Waals surface area contributed by atoms with Crippen LogP contribution in [0.4, 0.5) is 5.69 Å². The largest absolute Gasteiger partial charge is 0.487 e. The van der Waals surface area contributed by atoms with Gasteiger partial charge in [0.15, 0.2) is 0 Å². The zero-order valence-electron chi connectivity index (χ0n) is 9.72. The van der Waals surface area contributed by atoms with Gasteiger partial charge in [-0.15, -0.1) is 12.4 Å². The van der Waals surface area contributed by atoms with E-state index in [-0.39, 0.29) is 24.6 Å². The molecular weight excluding hydrogens is 224 g/mol. The third kappa shape index (κ3) is 2.80. The number of rotatable bonds is 2. The average Bonchev–Trinajstić information content (AvgIpc) is 2.16. The van der Waals surface area contributed by atoms with Crippen LogP contribution in [0.3, 0.4) is 0 Å². The highest BCUT2D eigenvalue weighted by Gasteiger charge is 2.22. The molecular formula is C12H19ClN2O. The summed E-state index contributed by atoms with van der Waals surface area (Å²) in [6.45, 7) is 5.91. The van der Waals surface area contributed by atoms with Gasteiger partial charge in [0.2, 0.25) is 0 Å². The first-order valence-electron chi connectivity index (χ1n) is 5.43. The highest BCUT2D eigenvalue weighted by molar-refractivity contribution is 5.85. The van der Waals surface area contributed by atoms with Crippen molar-refractivity contribution < 1.29 is 4.74 Å². The van der Waals surface area contributed by atoms with Crippen LogP contribution < -0.4 is 15.4 Å². The van der Waals surface area contributed by atoms with Crippen LogP contribution in [0.25, 0.3) is 0 Å². The second-order valence-electron chi connectivity index (χ2n) is 4.28. The Hall–Kier alpha value is -0.930. The summed E-state index contributed by atoms with van der Waals surface area (Å²) in [6, 6.07) is 8.32. The van der Waals surface area contributed by atoms with Crippen molar-refractivity contribution in [2.45, 2.75) is 26.0 Å². The van der Waals surface area contributed by atoms with Gasteiger partial charge in [-0.05, 0) is 26.0 Å². The Labute approximate surface area is 103 Å². The van der Waals surface area contributed by atoms with Gasteiger partial charge in [-0.3, -0.25) is 0 Å². The van der Waals surface area contributed by atoms with Crippen LogP contribution in [0.15, 0.2) is 24.3 Å². The van der Waals surface area contributed by atoms with Crippen molar-refractivity contribution >= 4 is 18.1 Å². The van der Waals surface area contributed by atoms with Crippen molar-refractivity contribution in [3.05, 3.63) is 24.3 Å². The van der Waals surface area contributed by atoms with E-state index in [0.29, 0.717) is 0 Å². The van der Waals surface area contributed by atoms with Crippen LogP contribution in [-0.4, -0.2) is 25.2 Å². The number of ether oxygens (including phenoxy) is 1. The monoisotopic (exact) mass is 242 g/mol. The van der Waals surface area contributed by atoms with Crippen LogP contribution in [0, 0.1) is 0 Å². The van der Waals surface area contributed by atoms with Crippen molar-refractivity contribution in [2.24, 2.45) is 5.73 Å². The van der Waals surface area contributed by atoms with Gasteiger partial charge in [0.05, 0.1) is 12.2 Å². The molecule has 0 saturated carbocycles. The topological polar surface area (TPSA) is 38.5 Å². The molecule has 1 aliphatic heterocycles. The molecule has 0 saturated heterocycles. The average molecular weight is 243 g/mol. The van der Waals surface area contributed by atoms with E-state index in [1.807, 2.05) is 25.1 Å². The zero-order chi connectivity index (χ0) is 10.8. The lowest BCUT2D eigenvalue weighted by atomic mass is 10.2. The molecule has 0 bridgehead atoms. The van der Waals surface area contributed by atoms with E-state index >= 15 is 0 Å². The summed E-state index contributed by atoms with van der Waals surface area (Å²) in [6.07, 6.45) is 0.235. The molecule has 0 amide bonds. The van der Waals surface area contributed by atoms with Gasteiger partial charge in [0, 0.05) is 12.6 Å². The fourth-order valence-electron chi connectivity index (χ4n) is 2.00. The number of para-hydroxylation sites is 2. The van der Waals surface area contributed by atoms with Gasteiger partial charge >= 0.3 is 0 Å². The predicted molar refractivity (Wildman–Crippen MR) is 69.6 cm³/mol. The first-order chi connectivity index (χ1) is 7.16. The molecule has 2 rings (SSSR count). The third-order valence-corrected chi connectivity index (χ3v) is 2.52. The van der Waals surface area contributed by atoms with Crippen molar-refractivity contribution in [1.29, 1.82) is 0 Å². The Kier molecular flexibility index (Phi) is 4.44. The van der Waals surface area contributed by atoms with Gasteiger partial charge in [-0.25, -0.2) is 0 Å². The standard InChI is InChI=1S/C12H18N2O.ClH/c1-9(13)7-14-8-10(2)15-12-6-4-3-5-11(12)14;/h3-6,9-10H,7-8,13H2,1-2H3;1H.